The van der Waals surface area contributed by atoms with E-state index in [2.05, 4.69) is 12.2 Å². The molecule has 0 saturated carbocycles. The fourth-order valence-electron chi connectivity index (χ4n) is 3.82. The number of nitrogens with zero attached hydrogens (tertiary/aromatic N) is 1. The molecule has 2 heterocycles. The molecule has 0 spiro atoms. The molecule has 3 nitrogen and oxygen atoms in total. The van der Waals surface area contributed by atoms with Crippen LogP contribution in [0, 0.1) is 0 Å². The lowest BCUT2D eigenvalue weighted by atomic mass is 10.1. The summed E-state index contributed by atoms with van der Waals surface area (Å²) >= 11 is 1.65. The zero-order valence-electron chi connectivity index (χ0n) is 18.2. The van der Waals surface area contributed by atoms with Gasteiger partial charge in [-0.2, -0.15) is 0 Å². The Morgan fingerprint density at radius 2 is 1.60 bits per heavy atom. The third kappa shape index (κ3) is 6.66. The van der Waals surface area contributed by atoms with E-state index in [1.165, 1.54) is 57.8 Å². The Balaban J connectivity index is 1.46. The summed E-state index contributed by atoms with van der Waals surface area (Å²) in [4.78, 5) is 18.7. The molecule has 0 fully saturated rings. The van der Waals surface area contributed by atoms with E-state index in [4.69, 9.17) is 4.98 Å². The minimum Gasteiger partial charge on any atom is -0.352 e. The number of unbranched alkanes of at least 4 members (excludes halogenated alkanes) is 9. The van der Waals surface area contributed by atoms with Gasteiger partial charge in [-0.3, -0.25) is 4.79 Å². The Kier molecular flexibility index (Phi) is 9.36. The minimum atomic E-state index is 0.00216. The third-order valence-electron chi connectivity index (χ3n) is 5.55. The molecule has 160 valence electrons. The predicted octanol–water partition coefficient (Wildman–Crippen LogP) is 7.61. The van der Waals surface area contributed by atoms with Crippen LogP contribution in [0.3, 0.4) is 0 Å². The number of carbonyl (C=O) groups is 1. The molecular weight excluding hydrogens is 388 g/mol. The van der Waals surface area contributed by atoms with Crippen LogP contribution in [0.4, 0.5) is 0 Å². The molecule has 0 aliphatic rings. The fourth-order valence-corrected chi connectivity index (χ4v) is 4.51. The highest BCUT2D eigenvalue weighted by Gasteiger charge is 2.13. The molecule has 1 amide bonds. The number of hydrogen-bond donors (Lipinski definition) is 1. The molecule has 3 rings (SSSR count). The standard InChI is InChI=1S/C26H34N2OS/c1-2-3-4-5-6-7-8-9-10-13-18-27-26(29)22-20-24(25-17-14-19-30-25)28-23-16-12-11-15-21(22)23/h11-12,14-17,19-20H,2-10,13,18H2,1H3,(H,27,29). The molecule has 0 bridgehead atoms. The number of amides is 1. The smallest absolute Gasteiger partial charge is 0.252 e. The normalized spacial score (nSPS) is 11.1. The quantitative estimate of drug-likeness (QED) is 0.288. The lowest BCUT2D eigenvalue weighted by Crippen LogP contribution is -2.24. The van der Waals surface area contributed by atoms with Crippen LogP contribution in [0.2, 0.25) is 0 Å². The molecule has 0 radical (unpaired) electrons. The van der Waals surface area contributed by atoms with Crippen LogP contribution in [-0.2, 0) is 0 Å². The maximum atomic E-state index is 12.9. The van der Waals surface area contributed by atoms with Gasteiger partial charge in [0.2, 0.25) is 0 Å². The first-order chi connectivity index (χ1) is 14.8. The van der Waals surface area contributed by atoms with Gasteiger partial charge < -0.3 is 5.32 Å². The highest BCUT2D eigenvalue weighted by Crippen LogP contribution is 2.27. The molecule has 0 aliphatic carbocycles. The van der Waals surface area contributed by atoms with Gasteiger partial charge in [0, 0.05) is 11.9 Å². The SMILES string of the molecule is CCCCCCCCCCCCNC(=O)c1cc(-c2cccs2)nc2ccccc12. The Bertz CT molecular complexity index is 905. The Hall–Kier alpha value is -2.20. The number of para-hydroxylation sites is 1. The van der Waals surface area contributed by atoms with Crippen molar-refractivity contribution in [2.45, 2.75) is 71.1 Å². The predicted molar refractivity (Wildman–Crippen MR) is 129 cm³/mol. The number of carbonyl (C=O) groups excluding carboxylic acids is 1. The Morgan fingerprint density at radius 1 is 0.900 bits per heavy atom. The van der Waals surface area contributed by atoms with Gasteiger partial charge in [0.05, 0.1) is 21.7 Å². The highest BCUT2D eigenvalue weighted by atomic mass is 32.1. The van der Waals surface area contributed by atoms with Gasteiger partial charge in [0.15, 0.2) is 0 Å². The molecule has 0 saturated heterocycles. The summed E-state index contributed by atoms with van der Waals surface area (Å²) in [6, 6.07) is 13.9. The number of hydrogen-bond acceptors (Lipinski definition) is 3. The van der Waals surface area contributed by atoms with Crippen LogP contribution in [0.1, 0.15) is 81.5 Å². The van der Waals surface area contributed by atoms with E-state index >= 15 is 0 Å². The Morgan fingerprint density at radius 3 is 2.30 bits per heavy atom. The van der Waals surface area contributed by atoms with E-state index < -0.39 is 0 Å². The van der Waals surface area contributed by atoms with Crippen molar-refractivity contribution in [1.29, 1.82) is 0 Å². The van der Waals surface area contributed by atoms with E-state index in [9.17, 15) is 4.79 Å². The van der Waals surface area contributed by atoms with Crippen molar-refractivity contribution in [3.63, 3.8) is 0 Å². The average Bonchev–Trinajstić information content (AvgIpc) is 3.31. The van der Waals surface area contributed by atoms with Crippen LogP contribution in [0.15, 0.2) is 47.8 Å². The first kappa shape index (κ1) is 22.5. The number of thiophene rings is 1. The van der Waals surface area contributed by atoms with Crippen LogP contribution in [0.25, 0.3) is 21.5 Å². The fraction of sp³-hybridized carbons (Fsp3) is 0.462. The number of aromatic nitrogens is 1. The molecule has 1 aromatic carbocycles. The largest absolute Gasteiger partial charge is 0.352 e. The van der Waals surface area contributed by atoms with Crippen LogP contribution < -0.4 is 5.32 Å². The van der Waals surface area contributed by atoms with Crippen LogP contribution in [-0.4, -0.2) is 17.4 Å². The summed E-state index contributed by atoms with van der Waals surface area (Å²) in [5, 5.41) is 6.08. The topological polar surface area (TPSA) is 42.0 Å². The summed E-state index contributed by atoms with van der Waals surface area (Å²) in [6.45, 7) is 3.00. The van der Waals surface area contributed by atoms with Crippen molar-refractivity contribution in [3.8, 4) is 10.6 Å². The number of rotatable bonds is 13. The van der Waals surface area contributed by atoms with Crippen molar-refractivity contribution >= 4 is 28.1 Å². The summed E-state index contributed by atoms with van der Waals surface area (Å²) in [7, 11) is 0. The Labute approximate surface area is 184 Å². The van der Waals surface area contributed by atoms with Gasteiger partial charge in [0.25, 0.3) is 5.91 Å². The second-order valence-electron chi connectivity index (χ2n) is 7.99. The third-order valence-corrected chi connectivity index (χ3v) is 6.44. The van der Waals surface area contributed by atoms with E-state index in [0.717, 1.165) is 40.0 Å². The van der Waals surface area contributed by atoms with Crippen molar-refractivity contribution in [2.24, 2.45) is 0 Å². The summed E-state index contributed by atoms with van der Waals surface area (Å²) < 4.78 is 0. The molecule has 0 aliphatic heterocycles. The molecule has 0 unspecified atom stereocenters. The van der Waals surface area contributed by atoms with Gasteiger partial charge in [-0.1, -0.05) is 89.0 Å². The summed E-state index contributed by atoms with van der Waals surface area (Å²) in [5.74, 6) is 0.00216. The van der Waals surface area contributed by atoms with Crippen molar-refractivity contribution in [1.82, 2.24) is 10.3 Å². The van der Waals surface area contributed by atoms with Gasteiger partial charge >= 0.3 is 0 Å². The van der Waals surface area contributed by atoms with E-state index in [0.29, 0.717) is 0 Å². The number of fused-ring (bicyclic) bond motifs is 1. The van der Waals surface area contributed by atoms with Crippen molar-refractivity contribution < 1.29 is 4.79 Å². The highest BCUT2D eigenvalue weighted by molar-refractivity contribution is 7.13. The lowest BCUT2D eigenvalue weighted by molar-refractivity contribution is 0.0954. The van der Waals surface area contributed by atoms with Gasteiger partial charge in [0.1, 0.15) is 0 Å². The van der Waals surface area contributed by atoms with E-state index in [-0.39, 0.29) is 5.91 Å². The number of pyridine rings is 1. The minimum absolute atomic E-state index is 0.00216. The molecule has 4 heteroatoms. The first-order valence-corrected chi connectivity index (χ1v) is 12.4. The van der Waals surface area contributed by atoms with Crippen LogP contribution >= 0.6 is 11.3 Å². The molecule has 30 heavy (non-hydrogen) atoms. The molecule has 2 aromatic heterocycles. The molecule has 1 N–H and O–H groups in total. The first-order valence-electron chi connectivity index (χ1n) is 11.5. The van der Waals surface area contributed by atoms with Gasteiger partial charge in [-0.15, -0.1) is 11.3 Å². The zero-order valence-corrected chi connectivity index (χ0v) is 19.0. The van der Waals surface area contributed by atoms with Crippen LogP contribution in [0.5, 0.6) is 0 Å². The van der Waals surface area contributed by atoms with Crippen molar-refractivity contribution in [2.75, 3.05) is 6.54 Å². The summed E-state index contributed by atoms with van der Waals surface area (Å²) in [6.07, 6.45) is 13.0. The molecule has 0 atom stereocenters. The van der Waals surface area contributed by atoms with Crippen molar-refractivity contribution in [3.05, 3.63) is 53.4 Å². The zero-order chi connectivity index (χ0) is 21.0. The van der Waals surface area contributed by atoms with E-state index in [1.807, 2.05) is 47.8 Å². The lowest BCUT2D eigenvalue weighted by Gasteiger charge is -2.10. The summed E-state index contributed by atoms with van der Waals surface area (Å²) in [5.41, 5.74) is 2.45. The number of benzene rings is 1. The molecule has 3 aromatic rings. The average molecular weight is 423 g/mol. The monoisotopic (exact) mass is 422 g/mol. The van der Waals surface area contributed by atoms with Gasteiger partial charge in [-0.05, 0) is 30.0 Å². The second kappa shape index (κ2) is 12.5. The number of nitrogens with one attached hydrogen (secondary N) is 1. The van der Waals surface area contributed by atoms with E-state index in [1.54, 1.807) is 11.3 Å². The molecular formula is C26H34N2OS. The second-order valence-corrected chi connectivity index (χ2v) is 8.94. The maximum Gasteiger partial charge on any atom is 0.252 e. The maximum absolute atomic E-state index is 12.9. The van der Waals surface area contributed by atoms with Gasteiger partial charge in [-0.25, -0.2) is 4.98 Å².